The molecule has 4 aromatic rings. The van der Waals surface area contributed by atoms with Crippen LogP contribution in [-0.4, -0.2) is 28.8 Å². The number of fused-ring (bicyclic) bond motifs is 1. The molecule has 0 unspecified atom stereocenters. The Bertz CT molecular complexity index is 1400. The standard InChI is InChI=1S/C21H16ClN3O4S/c1-28-16-8-5-13(10-17(16)29-2)9-15-19(26)23-21-25(24-15)20(27)18(30-21)11-12-3-6-14(22)7-4-12/h3-8,10-11H,9H2,1-2H3/b18-11-. The third-order valence-electron chi connectivity index (χ3n) is 4.44. The maximum atomic E-state index is 12.8. The van der Waals surface area contributed by atoms with Crippen LogP contribution >= 0.6 is 22.9 Å². The van der Waals surface area contributed by atoms with E-state index in [4.69, 9.17) is 21.1 Å². The van der Waals surface area contributed by atoms with Crippen LogP contribution in [0.15, 0.2) is 52.1 Å². The molecule has 4 rings (SSSR count). The normalized spacial score (nSPS) is 11.8. The first-order valence-corrected chi connectivity index (χ1v) is 10.1. The van der Waals surface area contributed by atoms with Crippen molar-refractivity contribution in [3.05, 3.63) is 89.5 Å². The van der Waals surface area contributed by atoms with Crippen molar-refractivity contribution < 1.29 is 9.47 Å². The van der Waals surface area contributed by atoms with E-state index in [0.29, 0.717) is 21.1 Å². The molecule has 0 radical (unpaired) electrons. The Morgan fingerprint density at radius 3 is 2.50 bits per heavy atom. The smallest absolute Gasteiger partial charge is 0.296 e. The van der Waals surface area contributed by atoms with Gasteiger partial charge in [0.05, 0.1) is 18.8 Å². The quantitative estimate of drug-likeness (QED) is 0.472. The first kappa shape index (κ1) is 20.1. The summed E-state index contributed by atoms with van der Waals surface area (Å²) >= 11 is 7.02. The Labute approximate surface area is 179 Å². The molecular formula is C21H16ClN3O4S. The van der Waals surface area contributed by atoms with Gasteiger partial charge in [-0.05, 0) is 41.5 Å². The van der Waals surface area contributed by atoms with Gasteiger partial charge in [0.25, 0.3) is 11.1 Å². The van der Waals surface area contributed by atoms with Gasteiger partial charge in [0, 0.05) is 11.4 Å². The number of aromatic nitrogens is 3. The molecule has 0 saturated heterocycles. The van der Waals surface area contributed by atoms with Gasteiger partial charge in [-0.25, -0.2) is 0 Å². The van der Waals surface area contributed by atoms with Crippen LogP contribution in [0.2, 0.25) is 5.02 Å². The van der Waals surface area contributed by atoms with Crippen LogP contribution in [0.5, 0.6) is 11.5 Å². The average Bonchev–Trinajstić information content (AvgIpc) is 3.04. The summed E-state index contributed by atoms with van der Waals surface area (Å²) in [5.41, 5.74) is 0.980. The molecule has 0 amide bonds. The molecule has 2 aromatic carbocycles. The molecule has 0 bridgehead atoms. The topological polar surface area (TPSA) is 82.8 Å². The zero-order chi connectivity index (χ0) is 21.3. The van der Waals surface area contributed by atoms with Crippen molar-refractivity contribution in [1.29, 1.82) is 0 Å². The largest absolute Gasteiger partial charge is 0.493 e. The number of hydrogen-bond donors (Lipinski definition) is 0. The monoisotopic (exact) mass is 441 g/mol. The Morgan fingerprint density at radius 1 is 1.07 bits per heavy atom. The summed E-state index contributed by atoms with van der Waals surface area (Å²) in [7, 11) is 3.09. The molecule has 0 N–H and O–H groups in total. The van der Waals surface area contributed by atoms with Crippen LogP contribution in [0.4, 0.5) is 0 Å². The van der Waals surface area contributed by atoms with E-state index in [9.17, 15) is 9.59 Å². The van der Waals surface area contributed by atoms with Crippen LogP contribution in [0.3, 0.4) is 0 Å². The van der Waals surface area contributed by atoms with E-state index in [1.165, 1.54) is 11.6 Å². The summed E-state index contributed by atoms with van der Waals surface area (Å²) in [6, 6.07) is 12.4. The maximum Gasteiger partial charge on any atom is 0.296 e. The van der Waals surface area contributed by atoms with Crippen molar-refractivity contribution in [1.82, 2.24) is 14.6 Å². The summed E-state index contributed by atoms with van der Waals surface area (Å²) in [4.78, 5) is 29.5. The molecule has 0 atom stereocenters. The number of hydrogen-bond acceptors (Lipinski definition) is 7. The second-order valence-corrected chi connectivity index (χ2v) is 7.84. The SMILES string of the molecule is COc1ccc(Cc2nn3c(=O)/c(=C/c4ccc(Cl)cc4)sc3nc2=O)cc1OC. The molecule has 0 fully saturated rings. The highest BCUT2D eigenvalue weighted by Crippen LogP contribution is 2.28. The van der Waals surface area contributed by atoms with Crippen molar-refractivity contribution in [2.24, 2.45) is 0 Å². The molecule has 2 aromatic heterocycles. The average molecular weight is 442 g/mol. The van der Waals surface area contributed by atoms with Crippen molar-refractivity contribution in [3.63, 3.8) is 0 Å². The van der Waals surface area contributed by atoms with Gasteiger partial charge in [0.15, 0.2) is 11.5 Å². The van der Waals surface area contributed by atoms with Gasteiger partial charge in [0.2, 0.25) is 4.96 Å². The highest BCUT2D eigenvalue weighted by atomic mass is 35.5. The summed E-state index contributed by atoms with van der Waals surface area (Å²) in [5, 5.41) is 4.88. The fraction of sp³-hybridized carbons (Fsp3) is 0.143. The van der Waals surface area contributed by atoms with Crippen LogP contribution in [-0.2, 0) is 6.42 Å². The van der Waals surface area contributed by atoms with Crippen LogP contribution in [0.1, 0.15) is 16.8 Å². The third kappa shape index (κ3) is 3.92. The van der Waals surface area contributed by atoms with Gasteiger partial charge in [0.1, 0.15) is 5.69 Å². The van der Waals surface area contributed by atoms with Crippen LogP contribution in [0, 0.1) is 0 Å². The summed E-state index contributed by atoms with van der Waals surface area (Å²) in [6.07, 6.45) is 1.93. The fourth-order valence-corrected chi connectivity index (χ4v) is 3.98. The van der Waals surface area contributed by atoms with E-state index < -0.39 is 5.56 Å². The minimum atomic E-state index is -0.468. The fourth-order valence-electron chi connectivity index (χ4n) is 2.95. The number of halogens is 1. The lowest BCUT2D eigenvalue weighted by molar-refractivity contribution is 0.354. The molecule has 0 saturated carbocycles. The zero-order valence-corrected chi connectivity index (χ0v) is 17.7. The second-order valence-electron chi connectivity index (χ2n) is 6.39. The molecule has 152 valence electrons. The highest BCUT2D eigenvalue weighted by Gasteiger charge is 2.13. The number of benzene rings is 2. The van der Waals surface area contributed by atoms with Gasteiger partial charge in [-0.1, -0.05) is 41.1 Å². The summed E-state index contributed by atoms with van der Waals surface area (Å²) in [5.74, 6) is 1.13. The predicted molar refractivity (Wildman–Crippen MR) is 116 cm³/mol. The zero-order valence-electron chi connectivity index (χ0n) is 16.1. The predicted octanol–water partition coefficient (Wildman–Crippen LogP) is 2.32. The van der Waals surface area contributed by atoms with E-state index in [0.717, 1.165) is 22.5 Å². The molecule has 30 heavy (non-hydrogen) atoms. The van der Waals surface area contributed by atoms with Crippen molar-refractivity contribution >= 4 is 34.0 Å². The van der Waals surface area contributed by atoms with Crippen LogP contribution in [0.25, 0.3) is 11.0 Å². The lowest BCUT2D eigenvalue weighted by atomic mass is 10.1. The minimum Gasteiger partial charge on any atom is -0.493 e. The van der Waals surface area contributed by atoms with E-state index in [2.05, 4.69) is 10.1 Å². The van der Waals surface area contributed by atoms with Crippen molar-refractivity contribution in [2.75, 3.05) is 14.2 Å². The van der Waals surface area contributed by atoms with E-state index >= 15 is 0 Å². The molecule has 0 aliphatic carbocycles. The second kappa shape index (κ2) is 8.25. The van der Waals surface area contributed by atoms with E-state index in [1.54, 1.807) is 49.6 Å². The summed E-state index contributed by atoms with van der Waals surface area (Å²) < 4.78 is 12.1. The van der Waals surface area contributed by atoms with Gasteiger partial charge < -0.3 is 9.47 Å². The Balaban J connectivity index is 1.75. The highest BCUT2D eigenvalue weighted by molar-refractivity contribution is 7.15. The molecule has 7 nitrogen and oxygen atoms in total. The van der Waals surface area contributed by atoms with Crippen molar-refractivity contribution in [3.8, 4) is 11.5 Å². The molecule has 9 heteroatoms. The van der Waals surface area contributed by atoms with Crippen LogP contribution < -0.4 is 25.1 Å². The third-order valence-corrected chi connectivity index (χ3v) is 5.65. The van der Waals surface area contributed by atoms with Crippen molar-refractivity contribution in [2.45, 2.75) is 6.42 Å². The Kier molecular flexibility index (Phi) is 5.52. The number of nitrogens with zero attached hydrogens (tertiary/aromatic N) is 3. The lowest BCUT2D eigenvalue weighted by Gasteiger charge is -2.09. The van der Waals surface area contributed by atoms with Gasteiger partial charge in [-0.2, -0.15) is 14.6 Å². The summed E-state index contributed by atoms with van der Waals surface area (Å²) in [6.45, 7) is 0. The number of ether oxygens (including phenoxy) is 2. The van der Waals surface area contributed by atoms with Gasteiger partial charge in [-0.15, -0.1) is 0 Å². The minimum absolute atomic E-state index is 0.174. The maximum absolute atomic E-state index is 12.8. The number of rotatable bonds is 5. The molecule has 0 spiro atoms. The first-order chi connectivity index (χ1) is 14.5. The number of methoxy groups -OCH3 is 2. The Hall–Kier alpha value is -3.23. The lowest BCUT2D eigenvalue weighted by Crippen LogP contribution is -2.28. The van der Waals surface area contributed by atoms with E-state index in [-0.39, 0.29) is 22.6 Å². The Morgan fingerprint density at radius 2 is 1.80 bits per heavy atom. The van der Waals surface area contributed by atoms with Gasteiger partial charge >= 0.3 is 0 Å². The molecule has 2 heterocycles. The molecular weight excluding hydrogens is 426 g/mol. The molecule has 0 aliphatic heterocycles. The number of thiazole rings is 1. The van der Waals surface area contributed by atoms with E-state index in [1.807, 2.05) is 6.07 Å². The molecule has 0 aliphatic rings. The first-order valence-electron chi connectivity index (χ1n) is 8.89. The van der Waals surface area contributed by atoms with Gasteiger partial charge in [-0.3, -0.25) is 9.59 Å².